The quantitative estimate of drug-likeness (QED) is 0.685. The summed E-state index contributed by atoms with van der Waals surface area (Å²) in [6.45, 7) is 2.87. The maximum absolute atomic E-state index is 12.4. The lowest BCUT2D eigenvalue weighted by Gasteiger charge is -2.19. The van der Waals surface area contributed by atoms with Crippen molar-refractivity contribution in [3.63, 3.8) is 0 Å². The second-order valence-corrected chi connectivity index (χ2v) is 5.57. The Morgan fingerprint density at radius 3 is 2.58 bits per heavy atom. The fourth-order valence-corrected chi connectivity index (χ4v) is 2.52. The minimum Gasteiger partial charge on any atom is -0.467 e. The number of esters is 1. The van der Waals surface area contributed by atoms with E-state index in [4.69, 9.17) is 0 Å². The van der Waals surface area contributed by atoms with E-state index in [9.17, 15) is 14.4 Å². The Balaban J connectivity index is 2.17. The molecule has 2 unspecified atom stereocenters. The number of benzene rings is 1. The molecule has 128 valence electrons. The highest BCUT2D eigenvalue weighted by Gasteiger charge is 2.25. The first-order valence-electron chi connectivity index (χ1n) is 7.62. The number of carbonyl (C=O) groups excluding carboxylic acids is 3. The molecule has 3 N–H and O–H groups in total. The van der Waals surface area contributed by atoms with E-state index in [-0.39, 0.29) is 5.91 Å². The smallest absolute Gasteiger partial charge is 0.328 e. The van der Waals surface area contributed by atoms with Crippen LogP contribution in [0.15, 0.2) is 30.5 Å². The predicted octanol–water partition coefficient (Wildman–Crippen LogP) is 0.893. The molecule has 0 saturated heterocycles. The number of rotatable bonds is 6. The van der Waals surface area contributed by atoms with E-state index in [0.29, 0.717) is 6.42 Å². The minimum atomic E-state index is -0.790. The lowest BCUT2D eigenvalue weighted by Crippen LogP contribution is -2.51. The van der Waals surface area contributed by atoms with Gasteiger partial charge in [-0.1, -0.05) is 18.2 Å². The van der Waals surface area contributed by atoms with Crippen molar-refractivity contribution in [2.75, 3.05) is 7.11 Å². The highest BCUT2D eigenvalue weighted by Crippen LogP contribution is 2.19. The summed E-state index contributed by atoms with van der Waals surface area (Å²) >= 11 is 0. The number of fused-ring (bicyclic) bond motifs is 1. The molecule has 0 bridgehead atoms. The molecule has 2 amide bonds. The fraction of sp³-hybridized carbons (Fsp3) is 0.353. The van der Waals surface area contributed by atoms with E-state index in [1.165, 1.54) is 21.0 Å². The van der Waals surface area contributed by atoms with Crippen molar-refractivity contribution in [3.05, 3.63) is 36.0 Å². The van der Waals surface area contributed by atoms with Gasteiger partial charge in [-0.15, -0.1) is 0 Å². The number of ether oxygens (including phenoxy) is 1. The van der Waals surface area contributed by atoms with Gasteiger partial charge >= 0.3 is 5.97 Å². The van der Waals surface area contributed by atoms with E-state index in [1.807, 2.05) is 30.5 Å². The Morgan fingerprint density at radius 1 is 1.21 bits per heavy atom. The van der Waals surface area contributed by atoms with Crippen molar-refractivity contribution in [1.29, 1.82) is 0 Å². The second-order valence-electron chi connectivity index (χ2n) is 5.57. The summed E-state index contributed by atoms with van der Waals surface area (Å²) < 4.78 is 4.59. The van der Waals surface area contributed by atoms with Crippen LogP contribution in [0.25, 0.3) is 10.9 Å². The van der Waals surface area contributed by atoms with Gasteiger partial charge in [0.2, 0.25) is 11.8 Å². The first-order chi connectivity index (χ1) is 11.4. The molecule has 7 nitrogen and oxygen atoms in total. The Morgan fingerprint density at radius 2 is 1.92 bits per heavy atom. The Bertz CT molecular complexity index is 753. The SMILES string of the molecule is COC(=O)C(C)NC(=O)C(Cc1c[nH]c2ccccc12)NC(C)=O. The Hall–Kier alpha value is -2.83. The molecule has 0 radical (unpaired) electrons. The predicted molar refractivity (Wildman–Crippen MR) is 89.2 cm³/mol. The number of amides is 2. The van der Waals surface area contributed by atoms with Gasteiger partial charge in [-0.05, 0) is 18.6 Å². The summed E-state index contributed by atoms with van der Waals surface area (Å²) in [4.78, 5) is 38.5. The molecule has 2 aromatic rings. The lowest BCUT2D eigenvalue weighted by atomic mass is 10.0. The molecule has 24 heavy (non-hydrogen) atoms. The fourth-order valence-electron chi connectivity index (χ4n) is 2.52. The normalized spacial score (nSPS) is 13.1. The number of nitrogens with one attached hydrogen (secondary N) is 3. The van der Waals surface area contributed by atoms with Crippen molar-refractivity contribution >= 4 is 28.7 Å². The molecule has 0 aliphatic rings. The first-order valence-corrected chi connectivity index (χ1v) is 7.62. The second kappa shape index (κ2) is 7.63. The van der Waals surface area contributed by atoms with Crippen LogP contribution < -0.4 is 10.6 Å². The van der Waals surface area contributed by atoms with Crippen LogP contribution in [-0.4, -0.2) is 42.0 Å². The van der Waals surface area contributed by atoms with Gasteiger partial charge in [0.1, 0.15) is 12.1 Å². The van der Waals surface area contributed by atoms with E-state index >= 15 is 0 Å². The Labute approximate surface area is 139 Å². The monoisotopic (exact) mass is 331 g/mol. The van der Waals surface area contributed by atoms with Crippen molar-refractivity contribution in [3.8, 4) is 0 Å². The van der Waals surface area contributed by atoms with Crippen LogP contribution >= 0.6 is 0 Å². The third-order valence-electron chi connectivity index (χ3n) is 3.71. The van der Waals surface area contributed by atoms with Crippen LogP contribution in [0, 0.1) is 0 Å². The van der Waals surface area contributed by atoms with E-state index in [0.717, 1.165) is 16.5 Å². The highest BCUT2D eigenvalue weighted by atomic mass is 16.5. The summed E-state index contributed by atoms with van der Waals surface area (Å²) in [5, 5.41) is 6.17. The van der Waals surface area contributed by atoms with Gasteiger partial charge in [0.25, 0.3) is 0 Å². The zero-order valence-electron chi connectivity index (χ0n) is 13.9. The number of methoxy groups -OCH3 is 1. The van der Waals surface area contributed by atoms with Gasteiger partial charge in [0, 0.05) is 30.4 Å². The molecule has 1 heterocycles. The van der Waals surface area contributed by atoms with Gasteiger partial charge in [0.15, 0.2) is 0 Å². The van der Waals surface area contributed by atoms with E-state index < -0.39 is 24.0 Å². The van der Waals surface area contributed by atoms with Crippen molar-refractivity contribution < 1.29 is 19.1 Å². The van der Waals surface area contributed by atoms with E-state index in [2.05, 4.69) is 20.4 Å². The summed E-state index contributed by atoms with van der Waals surface area (Å²) in [7, 11) is 1.25. The van der Waals surface area contributed by atoms with Crippen molar-refractivity contribution in [2.45, 2.75) is 32.4 Å². The van der Waals surface area contributed by atoms with Crippen molar-refractivity contribution in [2.24, 2.45) is 0 Å². The molecular formula is C17H21N3O4. The van der Waals surface area contributed by atoms with Gasteiger partial charge in [-0.2, -0.15) is 0 Å². The Kier molecular flexibility index (Phi) is 5.57. The third kappa shape index (κ3) is 4.13. The largest absolute Gasteiger partial charge is 0.467 e. The number of aromatic nitrogens is 1. The molecule has 2 rings (SSSR count). The molecule has 0 aliphatic heterocycles. The highest BCUT2D eigenvalue weighted by molar-refractivity contribution is 5.91. The molecule has 0 aliphatic carbocycles. The molecule has 7 heteroatoms. The molecule has 1 aromatic heterocycles. The summed E-state index contributed by atoms with van der Waals surface area (Å²) in [5.41, 5.74) is 1.86. The van der Waals surface area contributed by atoms with Crippen LogP contribution in [0.3, 0.4) is 0 Å². The molecule has 2 atom stereocenters. The average molecular weight is 331 g/mol. The zero-order valence-corrected chi connectivity index (χ0v) is 13.9. The van der Waals surface area contributed by atoms with E-state index in [1.54, 1.807) is 0 Å². The maximum Gasteiger partial charge on any atom is 0.328 e. The van der Waals surface area contributed by atoms with Gasteiger partial charge in [0.05, 0.1) is 7.11 Å². The molecular weight excluding hydrogens is 310 g/mol. The molecule has 0 spiro atoms. The number of hydrogen-bond donors (Lipinski definition) is 3. The van der Waals surface area contributed by atoms with Crippen LogP contribution in [0.4, 0.5) is 0 Å². The minimum absolute atomic E-state index is 0.309. The maximum atomic E-state index is 12.4. The van der Waals surface area contributed by atoms with Crippen molar-refractivity contribution in [1.82, 2.24) is 15.6 Å². The molecule has 0 saturated carbocycles. The number of aromatic amines is 1. The topological polar surface area (TPSA) is 100 Å². The number of carbonyl (C=O) groups is 3. The molecule has 1 aromatic carbocycles. The van der Waals surface area contributed by atoms with Gasteiger partial charge in [-0.25, -0.2) is 4.79 Å². The number of para-hydroxylation sites is 1. The number of H-pyrrole nitrogens is 1. The zero-order chi connectivity index (χ0) is 17.7. The van der Waals surface area contributed by atoms with Crippen LogP contribution in [0.5, 0.6) is 0 Å². The summed E-state index contributed by atoms with van der Waals surface area (Å²) in [5.74, 6) is -1.30. The van der Waals surface area contributed by atoms with Crippen LogP contribution in [0.2, 0.25) is 0 Å². The van der Waals surface area contributed by atoms with Gasteiger partial charge < -0.3 is 20.4 Å². The van der Waals surface area contributed by atoms with Gasteiger partial charge in [-0.3, -0.25) is 9.59 Å². The summed E-state index contributed by atoms with van der Waals surface area (Å²) in [6, 6.07) is 6.13. The summed E-state index contributed by atoms with van der Waals surface area (Å²) in [6.07, 6.45) is 2.12. The number of hydrogen-bond acceptors (Lipinski definition) is 4. The standard InChI is InChI=1S/C17H21N3O4/c1-10(17(23)24-3)19-16(22)15(20-11(2)21)8-12-9-18-14-7-5-4-6-13(12)14/h4-7,9-10,15,18H,8H2,1-3H3,(H,19,22)(H,20,21). The first kappa shape index (κ1) is 17.5. The lowest BCUT2D eigenvalue weighted by molar-refractivity contribution is -0.144. The third-order valence-corrected chi connectivity index (χ3v) is 3.71. The molecule has 0 fully saturated rings. The van der Waals surface area contributed by atoms with Crippen LogP contribution in [-0.2, 0) is 25.5 Å². The van der Waals surface area contributed by atoms with Crippen LogP contribution in [0.1, 0.15) is 19.4 Å². The average Bonchev–Trinajstić information content (AvgIpc) is 2.96.